The first-order chi connectivity index (χ1) is 3.43. The molecule has 0 aromatic carbocycles. The quantitative estimate of drug-likeness (QED) is 0.498. The Morgan fingerprint density at radius 1 is 1.29 bits per heavy atom. The minimum absolute atomic E-state index is 0.0885. The molecule has 1 aliphatic rings. The van der Waals surface area contributed by atoms with Crippen molar-refractivity contribution in [3.8, 4) is 0 Å². The van der Waals surface area contributed by atoms with Crippen molar-refractivity contribution in [2.75, 3.05) is 0 Å². The van der Waals surface area contributed by atoms with E-state index in [0.717, 1.165) is 4.47 Å². The summed E-state index contributed by atoms with van der Waals surface area (Å²) in [5, 5.41) is 0. The van der Waals surface area contributed by atoms with Crippen molar-refractivity contribution in [2.45, 2.75) is 9.95 Å². The summed E-state index contributed by atoms with van der Waals surface area (Å²) in [6.45, 7) is 0. The Bertz CT molecular complexity index is 90.7. The first-order valence-electron chi connectivity index (χ1n) is 2.58. The topological polar surface area (TPSA) is 0 Å². The standard InChI is InChI=1S/C5H5.CH3.Ga/c1-2-4-5-3-1;;/h1-5H;1H3;/q;;-1. The number of hydrogen-bond acceptors (Lipinski definition) is 0. The molecule has 0 bridgehead atoms. The molecule has 2 radical (unpaired) electrons. The fourth-order valence-corrected chi connectivity index (χ4v) is 2.14. The van der Waals surface area contributed by atoms with Crippen LogP contribution in [0.15, 0.2) is 24.3 Å². The van der Waals surface area contributed by atoms with Crippen LogP contribution >= 0.6 is 0 Å². The van der Waals surface area contributed by atoms with Crippen LogP contribution in [0.2, 0.25) is 9.95 Å². The van der Waals surface area contributed by atoms with Gasteiger partial charge in [0.2, 0.25) is 0 Å². The van der Waals surface area contributed by atoms with Gasteiger partial charge >= 0.3 is 51.7 Å². The molecular formula is C6H8Ga-. The molecule has 0 amide bonds. The van der Waals surface area contributed by atoms with Gasteiger partial charge < -0.3 is 0 Å². The third-order valence-corrected chi connectivity index (χ3v) is 3.71. The normalized spacial score (nSPS) is 19.0. The van der Waals surface area contributed by atoms with E-state index in [4.69, 9.17) is 0 Å². The number of allylic oxidation sites excluding steroid dienone is 4. The third kappa shape index (κ3) is 1.25. The Balaban J connectivity index is 2.44. The van der Waals surface area contributed by atoms with Crippen molar-refractivity contribution in [2.24, 2.45) is 0 Å². The Hall–Kier alpha value is 0.116. The van der Waals surface area contributed by atoms with Crippen LogP contribution in [0.1, 0.15) is 0 Å². The van der Waals surface area contributed by atoms with Crippen LogP contribution in [0, 0.1) is 0 Å². The zero-order chi connectivity index (χ0) is 5.11. The molecule has 0 aliphatic heterocycles. The van der Waals surface area contributed by atoms with Gasteiger partial charge in [-0.1, -0.05) is 0 Å². The zero-order valence-electron chi connectivity index (χ0n) is 4.46. The number of rotatable bonds is 1. The molecule has 1 heteroatoms. The molecule has 0 saturated heterocycles. The van der Waals surface area contributed by atoms with Gasteiger partial charge in [-0.25, -0.2) is 0 Å². The van der Waals surface area contributed by atoms with E-state index in [9.17, 15) is 0 Å². The minimum atomic E-state index is 0.0885. The van der Waals surface area contributed by atoms with Crippen molar-refractivity contribution in [1.29, 1.82) is 0 Å². The van der Waals surface area contributed by atoms with E-state index in [0.29, 0.717) is 0 Å². The predicted molar refractivity (Wildman–Crippen MR) is 33.6 cm³/mol. The van der Waals surface area contributed by atoms with Crippen LogP contribution in [0.3, 0.4) is 0 Å². The monoisotopic (exact) mass is 149 g/mol. The summed E-state index contributed by atoms with van der Waals surface area (Å²) in [7, 11) is 0. The Morgan fingerprint density at radius 3 is 2.14 bits per heavy atom. The Kier molecular flexibility index (Phi) is 1.83. The van der Waals surface area contributed by atoms with Gasteiger partial charge in [0.25, 0.3) is 0 Å². The van der Waals surface area contributed by atoms with Crippen LogP contribution in [0.4, 0.5) is 0 Å². The SMILES string of the molecule is [CH3][Ga-][CH]1C=CC=C1. The van der Waals surface area contributed by atoms with E-state index in [1.807, 2.05) is 0 Å². The summed E-state index contributed by atoms with van der Waals surface area (Å²) in [6.07, 6.45) is 8.87. The molecule has 0 spiro atoms. The van der Waals surface area contributed by atoms with E-state index in [-0.39, 0.29) is 17.4 Å². The second kappa shape index (κ2) is 2.43. The maximum atomic E-state index is 2.36. The predicted octanol–water partition coefficient (Wildman–Crippen LogP) is 1.65. The molecule has 0 nitrogen and oxygen atoms in total. The van der Waals surface area contributed by atoms with Gasteiger partial charge in [0.15, 0.2) is 0 Å². The van der Waals surface area contributed by atoms with Gasteiger partial charge in [-0.3, -0.25) is 0 Å². The second-order valence-electron chi connectivity index (χ2n) is 1.68. The first-order valence-corrected chi connectivity index (χ1v) is 6.40. The summed E-state index contributed by atoms with van der Waals surface area (Å²) in [5.41, 5.74) is 2.36. The van der Waals surface area contributed by atoms with Crippen molar-refractivity contribution >= 4 is 17.4 Å². The third-order valence-electron chi connectivity index (χ3n) is 1.16. The molecule has 0 aromatic rings. The fourth-order valence-electron chi connectivity index (χ4n) is 0.671. The summed E-state index contributed by atoms with van der Waals surface area (Å²) in [6, 6.07) is 0. The van der Waals surface area contributed by atoms with Gasteiger partial charge in [-0.15, -0.1) is 0 Å². The first kappa shape index (κ1) is 5.26. The molecule has 1 aliphatic carbocycles. The molecule has 36 valence electrons. The maximum absolute atomic E-state index is 2.36. The number of hydrogen-bond donors (Lipinski definition) is 0. The molecule has 0 heterocycles. The molecule has 0 unspecified atom stereocenters. The van der Waals surface area contributed by atoms with E-state index in [1.165, 1.54) is 0 Å². The summed E-state index contributed by atoms with van der Waals surface area (Å²) in [5.74, 6) is 0. The molecule has 7 heavy (non-hydrogen) atoms. The van der Waals surface area contributed by atoms with Crippen molar-refractivity contribution in [3.63, 3.8) is 0 Å². The van der Waals surface area contributed by atoms with Gasteiger partial charge in [-0.05, 0) is 0 Å². The van der Waals surface area contributed by atoms with Gasteiger partial charge in [0.1, 0.15) is 0 Å². The summed E-state index contributed by atoms with van der Waals surface area (Å²) in [4.78, 5) is 0. The van der Waals surface area contributed by atoms with Crippen LogP contribution in [0.5, 0.6) is 0 Å². The van der Waals surface area contributed by atoms with E-state index >= 15 is 0 Å². The molecule has 0 atom stereocenters. The van der Waals surface area contributed by atoms with Crippen LogP contribution in [-0.2, 0) is 0 Å². The Labute approximate surface area is 52.1 Å². The molecule has 0 N–H and O–H groups in total. The van der Waals surface area contributed by atoms with Crippen LogP contribution in [0.25, 0.3) is 0 Å². The summed E-state index contributed by atoms with van der Waals surface area (Å²) >= 11 is 0.0885. The van der Waals surface area contributed by atoms with Gasteiger partial charge in [0.05, 0.1) is 0 Å². The Morgan fingerprint density at radius 2 is 1.86 bits per heavy atom. The average molecular weight is 150 g/mol. The van der Waals surface area contributed by atoms with E-state index in [2.05, 4.69) is 29.8 Å². The fraction of sp³-hybridized carbons (Fsp3) is 0.333. The summed E-state index contributed by atoms with van der Waals surface area (Å²) < 4.78 is 0.892. The zero-order valence-corrected chi connectivity index (χ0v) is 6.89. The average Bonchev–Trinajstić information content (AvgIpc) is 2.14. The molecule has 1 rings (SSSR count). The van der Waals surface area contributed by atoms with Crippen molar-refractivity contribution < 1.29 is 0 Å². The van der Waals surface area contributed by atoms with E-state index < -0.39 is 0 Å². The van der Waals surface area contributed by atoms with Gasteiger partial charge in [-0.2, -0.15) is 0 Å². The van der Waals surface area contributed by atoms with Crippen LogP contribution < -0.4 is 0 Å². The molecule has 0 saturated carbocycles. The molecule has 0 aromatic heterocycles. The van der Waals surface area contributed by atoms with Crippen molar-refractivity contribution in [3.05, 3.63) is 24.3 Å². The van der Waals surface area contributed by atoms with Crippen LogP contribution in [-0.4, -0.2) is 17.4 Å². The second-order valence-corrected chi connectivity index (χ2v) is 4.69. The van der Waals surface area contributed by atoms with Crippen molar-refractivity contribution in [1.82, 2.24) is 0 Å². The molecule has 0 fully saturated rings. The van der Waals surface area contributed by atoms with E-state index in [1.54, 1.807) is 0 Å². The molecular weight excluding hydrogens is 142 g/mol. The van der Waals surface area contributed by atoms with Gasteiger partial charge in [0, 0.05) is 0 Å².